The van der Waals surface area contributed by atoms with E-state index in [0.29, 0.717) is 13.2 Å². The fourth-order valence-electron chi connectivity index (χ4n) is 3.76. The first kappa shape index (κ1) is 20.0. The number of carbonyl (C=O) groups is 1. The summed E-state index contributed by atoms with van der Waals surface area (Å²) in [6, 6.07) is 7.75. The highest BCUT2D eigenvalue weighted by molar-refractivity contribution is 5.81. The van der Waals surface area contributed by atoms with Crippen molar-refractivity contribution >= 4 is 5.91 Å². The van der Waals surface area contributed by atoms with E-state index < -0.39 is 0 Å². The zero-order chi connectivity index (χ0) is 19.1. The second-order valence-corrected chi connectivity index (χ2v) is 7.44. The van der Waals surface area contributed by atoms with Crippen molar-refractivity contribution in [1.82, 2.24) is 5.32 Å². The second-order valence-electron chi connectivity index (χ2n) is 7.44. The van der Waals surface area contributed by atoms with E-state index in [1.807, 2.05) is 24.3 Å². The van der Waals surface area contributed by atoms with Crippen molar-refractivity contribution in [2.75, 3.05) is 13.2 Å². The van der Waals surface area contributed by atoms with Crippen LogP contribution < -0.4 is 20.5 Å². The minimum absolute atomic E-state index is 0.00703. The SMILES string of the molecule is CCCOc1ccc(OC2CCCCC2NC(=O)[C@@H]2CC[C@H](CN)O2)cc1. The lowest BCUT2D eigenvalue weighted by molar-refractivity contribution is -0.133. The third-order valence-electron chi connectivity index (χ3n) is 5.28. The molecule has 1 amide bonds. The van der Waals surface area contributed by atoms with Crippen molar-refractivity contribution < 1.29 is 19.0 Å². The summed E-state index contributed by atoms with van der Waals surface area (Å²) in [6.07, 6.45) is 6.28. The van der Waals surface area contributed by atoms with Crippen LogP contribution in [0.4, 0.5) is 0 Å². The summed E-state index contributed by atoms with van der Waals surface area (Å²) in [5.74, 6) is 1.63. The fourth-order valence-corrected chi connectivity index (χ4v) is 3.76. The smallest absolute Gasteiger partial charge is 0.249 e. The highest BCUT2D eigenvalue weighted by Crippen LogP contribution is 2.26. The summed E-state index contributed by atoms with van der Waals surface area (Å²) in [5.41, 5.74) is 5.64. The second kappa shape index (κ2) is 9.95. The van der Waals surface area contributed by atoms with Crippen molar-refractivity contribution in [1.29, 1.82) is 0 Å². The minimum Gasteiger partial charge on any atom is -0.494 e. The zero-order valence-electron chi connectivity index (χ0n) is 16.2. The van der Waals surface area contributed by atoms with Gasteiger partial charge in [-0.2, -0.15) is 0 Å². The summed E-state index contributed by atoms with van der Waals surface area (Å²) in [4.78, 5) is 12.6. The molecular weight excluding hydrogens is 344 g/mol. The molecule has 2 unspecified atom stereocenters. The van der Waals surface area contributed by atoms with E-state index in [4.69, 9.17) is 19.9 Å². The molecule has 0 bridgehead atoms. The van der Waals surface area contributed by atoms with E-state index in [1.54, 1.807) is 0 Å². The van der Waals surface area contributed by atoms with Crippen LogP contribution >= 0.6 is 0 Å². The molecular formula is C21H32N2O4. The number of hydrogen-bond acceptors (Lipinski definition) is 5. The Balaban J connectivity index is 1.54. The lowest BCUT2D eigenvalue weighted by Gasteiger charge is -2.33. The summed E-state index contributed by atoms with van der Waals surface area (Å²) in [6.45, 7) is 3.27. The number of amides is 1. The van der Waals surface area contributed by atoms with Gasteiger partial charge in [-0.05, 0) is 62.8 Å². The predicted octanol–water partition coefficient (Wildman–Crippen LogP) is 2.79. The van der Waals surface area contributed by atoms with Gasteiger partial charge in [-0.15, -0.1) is 0 Å². The minimum atomic E-state index is -0.379. The Kier molecular flexibility index (Phi) is 7.35. The van der Waals surface area contributed by atoms with E-state index in [1.165, 1.54) is 0 Å². The molecule has 150 valence electrons. The largest absolute Gasteiger partial charge is 0.494 e. The summed E-state index contributed by atoms with van der Waals surface area (Å²) in [5, 5.41) is 3.16. The molecule has 1 saturated carbocycles. The maximum atomic E-state index is 12.6. The molecule has 1 aromatic rings. The van der Waals surface area contributed by atoms with Gasteiger partial charge in [-0.25, -0.2) is 0 Å². The fraction of sp³-hybridized carbons (Fsp3) is 0.667. The Labute approximate surface area is 161 Å². The third kappa shape index (κ3) is 5.59. The number of carbonyl (C=O) groups excluding carboxylic acids is 1. The lowest BCUT2D eigenvalue weighted by atomic mass is 9.92. The quantitative estimate of drug-likeness (QED) is 0.729. The highest BCUT2D eigenvalue weighted by Gasteiger charge is 2.34. The van der Waals surface area contributed by atoms with Crippen LogP contribution in [0, 0.1) is 0 Å². The van der Waals surface area contributed by atoms with Gasteiger partial charge in [-0.3, -0.25) is 4.79 Å². The van der Waals surface area contributed by atoms with Crippen LogP contribution in [-0.2, 0) is 9.53 Å². The number of hydrogen-bond donors (Lipinski definition) is 2. The zero-order valence-corrected chi connectivity index (χ0v) is 16.2. The van der Waals surface area contributed by atoms with Crippen molar-refractivity contribution in [3.05, 3.63) is 24.3 Å². The summed E-state index contributed by atoms with van der Waals surface area (Å²) in [7, 11) is 0. The molecule has 1 saturated heterocycles. The molecule has 1 heterocycles. The molecule has 2 aliphatic rings. The molecule has 0 spiro atoms. The van der Waals surface area contributed by atoms with Gasteiger partial charge < -0.3 is 25.3 Å². The van der Waals surface area contributed by atoms with Gasteiger partial charge in [-0.1, -0.05) is 13.3 Å². The molecule has 1 aliphatic heterocycles. The molecule has 2 fully saturated rings. The Morgan fingerprint density at radius 3 is 2.59 bits per heavy atom. The average molecular weight is 376 g/mol. The Morgan fingerprint density at radius 1 is 1.15 bits per heavy atom. The Hall–Kier alpha value is -1.79. The molecule has 0 aromatic heterocycles. The topological polar surface area (TPSA) is 82.8 Å². The van der Waals surface area contributed by atoms with Gasteiger partial charge in [0.05, 0.1) is 18.8 Å². The molecule has 1 aliphatic carbocycles. The maximum absolute atomic E-state index is 12.6. The molecule has 0 radical (unpaired) electrons. The van der Waals surface area contributed by atoms with E-state index in [0.717, 1.165) is 56.4 Å². The van der Waals surface area contributed by atoms with Gasteiger partial charge in [0, 0.05) is 6.54 Å². The highest BCUT2D eigenvalue weighted by atomic mass is 16.5. The first-order chi connectivity index (χ1) is 13.2. The lowest BCUT2D eigenvalue weighted by Crippen LogP contribution is -2.50. The summed E-state index contributed by atoms with van der Waals surface area (Å²) >= 11 is 0. The number of benzene rings is 1. The van der Waals surface area contributed by atoms with Gasteiger partial charge in [0.25, 0.3) is 0 Å². The van der Waals surface area contributed by atoms with E-state index in [2.05, 4.69) is 12.2 Å². The van der Waals surface area contributed by atoms with Crippen molar-refractivity contribution in [2.45, 2.75) is 76.2 Å². The van der Waals surface area contributed by atoms with Crippen LogP contribution in [0.2, 0.25) is 0 Å². The van der Waals surface area contributed by atoms with Gasteiger partial charge in [0.15, 0.2) is 0 Å². The van der Waals surface area contributed by atoms with Crippen molar-refractivity contribution in [2.24, 2.45) is 5.73 Å². The molecule has 6 heteroatoms. The normalized spacial score (nSPS) is 27.9. The van der Waals surface area contributed by atoms with Crippen LogP contribution in [0.1, 0.15) is 51.9 Å². The Morgan fingerprint density at radius 2 is 1.89 bits per heavy atom. The van der Waals surface area contributed by atoms with Gasteiger partial charge >= 0.3 is 0 Å². The molecule has 3 rings (SSSR count). The number of nitrogens with two attached hydrogens (primary N) is 1. The van der Waals surface area contributed by atoms with E-state index in [-0.39, 0.29) is 30.3 Å². The standard InChI is InChI=1S/C21H32N2O4/c1-2-13-25-15-7-9-16(10-8-15)26-19-6-4-3-5-18(19)23-21(24)20-12-11-17(14-22)27-20/h7-10,17-20H,2-6,11-14,22H2,1H3,(H,23,24)/t17-,18?,19?,20+/m1/s1. The third-order valence-corrected chi connectivity index (χ3v) is 5.28. The van der Waals surface area contributed by atoms with Crippen LogP contribution in [0.5, 0.6) is 11.5 Å². The monoisotopic (exact) mass is 376 g/mol. The average Bonchev–Trinajstić information content (AvgIpc) is 3.18. The van der Waals surface area contributed by atoms with Gasteiger partial charge in [0.1, 0.15) is 23.7 Å². The number of ether oxygens (including phenoxy) is 3. The van der Waals surface area contributed by atoms with Gasteiger partial charge in [0.2, 0.25) is 5.91 Å². The number of rotatable bonds is 8. The van der Waals surface area contributed by atoms with Crippen molar-refractivity contribution in [3.63, 3.8) is 0 Å². The molecule has 6 nitrogen and oxygen atoms in total. The first-order valence-corrected chi connectivity index (χ1v) is 10.2. The van der Waals surface area contributed by atoms with E-state index in [9.17, 15) is 4.79 Å². The maximum Gasteiger partial charge on any atom is 0.249 e. The molecule has 27 heavy (non-hydrogen) atoms. The van der Waals surface area contributed by atoms with Crippen LogP contribution in [0.3, 0.4) is 0 Å². The summed E-state index contributed by atoms with van der Waals surface area (Å²) < 4.78 is 17.5. The molecule has 4 atom stereocenters. The van der Waals surface area contributed by atoms with Crippen molar-refractivity contribution in [3.8, 4) is 11.5 Å². The van der Waals surface area contributed by atoms with E-state index >= 15 is 0 Å². The van der Waals surface area contributed by atoms with Crippen LogP contribution in [0.15, 0.2) is 24.3 Å². The molecule has 3 N–H and O–H groups in total. The first-order valence-electron chi connectivity index (χ1n) is 10.2. The number of nitrogens with one attached hydrogen (secondary N) is 1. The Bertz CT molecular complexity index is 592. The van der Waals surface area contributed by atoms with Crippen LogP contribution in [-0.4, -0.2) is 43.4 Å². The van der Waals surface area contributed by atoms with Crippen LogP contribution in [0.25, 0.3) is 0 Å². The predicted molar refractivity (Wildman–Crippen MR) is 104 cm³/mol. The molecule has 1 aromatic carbocycles.